The van der Waals surface area contributed by atoms with E-state index in [1.54, 1.807) is 25.1 Å². The summed E-state index contributed by atoms with van der Waals surface area (Å²) in [5, 5.41) is 5.78. The summed E-state index contributed by atoms with van der Waals surface area (Å²) in [5.74, 6) is -0.527. The molecule has 0 saturated carbocycles. The molecule has 1 aliphatic heterocycles. The van der Waals surface area contributed by atoms with E-state index in [9.17, 15) is 18.0 Å². The zero-order valence-electron chi connectivity index (χ0n) is 17.5. The number of amides is 2. The Morgan fingerprint density at radius 1 is 1.16 bits per heavy atom. The molecule has 2 aromatic carbocycles. The third-order valence-electron chi connectivity index (χ3n) is 5.33. The fourth-order valence-corrected chi connectivity index (χ4v) is 5.26. The molecule has 0 radical (unpaired) electrons. The molecule has 1 aliphatic rings. The van der Waals surface area contributed by atoms with E-state index in [4.69, 9.17) is 11.6 Å². The van der Waals surface area contributed by atoms with Crippen LogP contribution in [0.25, 0.3) is 0 Å². The third kappa shape index (κ3) is 5.64. The average molecular weight is 464 g/mol. The molecule has 1 saturated heterocycles. The number of nitrogens with zero attached hydrogens (tertiary/aromatic N) is 1. The zero-order valence-corrected chi connectivity index (χ0v) is 19.1. The van der Waals surface area contributed by atoms with E-state index in [0.717, 1.165) is 18.4 Å². The Hall–Kier alpha value is -2.42. The first-order valence-electron chi connectivity index (χ1n) is 10.1. The summed E-state index contributed by atoms with van der Waals surface area (Å²) in [6.07, 6.45) is 1.87. The highest BCUT2D eigenvalue weighted by atomic mass is 35.5. The van der Waals surface area contributed by atoms with Crippen molar-refractivity contribution in [3.8, 4) is 0 Å². The summed E-state index contributed by atoms with van der Waals surface area (Å²) < 4.78 is 27.1. The predicted octanol–water partition coefficient (Wildman–Crippen LogP) is 3.44. The van der Waals surface area contributed by atoms with Crippen molar-refractivity contribution in [3.05, 3.63) is 58.6 Å². The van der Waals surface area contributed by atoms with Crippen molar-refractivity contribution >= 4 is 39.1 Å². The summed E-state index contributed by atoms with van der Waals surface area (Å²) in [7, 11) is -3.58. The van der Waals surface area contributed by atoms with Crippen LogP contribution < -0.4 is 10.6 Å². The maximum absolute atomic E-state index is 12.8. The van der Waals surface area contributed by atoms with Gasteiger partial charge in [-0.2, -0.15) is 4.31 Å². The van der Waals surface area contributed by atoms with Gasteiger partial charge in [0.05, 0.1) is 11.4 Å². The molecule has 0 bridgehead atoms. The molecule has 31 heavy (non-hydrogen) atoms. The number of sulfonamides is 1. The second-order valence-electron chi connectivity index (χ2n) is 7.78. The molecule has 3 rings (SSSR count). The lowest BCUT2D eigenvalue weighted by atomic mass is 10.0. The van der Waals surface area contributed by atoms with E-state index >= 15 is 0 Å². The fraction of sp³-hybridized carbons (Fsp3) is 0.364. The van der Waals surface area contributed by atoms with Crippen molar-refractivity contribution < 1.29 is 18.0 Å². The van der Waals surface area contributed by atoms with Crippen LogP contribution in [0, 0.1) is 12.8 Å². The van der Waals surface area contributed by atoms with Gasteiger partial charge in [-0.15, -0.1) is 0 Å². The highest BCUT2D eigenvalue weighted by Gasteiger charge is 2.28. The summed E-state index contributed by atoms with van der Waals surface area (Å²) >= 11 is 6.04. The smallest absolute Gasteiger partial charge is 0.251 e. The van der Waals surface area contributed by atoms with Crippen LogP contribution in [0.3, 0.4) is 0 Å². The lowest BCUT2D eigenvalue weighted by Gasteiger charge is -2.30. The molecule has 0 aromatic heterocycles. The summed E-state index contributed by atoms with van der Waals surface area (Å²) in [5.41, 5.74) is 1.59. The fourth-order valence-electron chi connectivity index (χ4n) is 3.49. The maximum atomic E-state index is 12.8. The number of carbonyl (C=O) groups is 2. The van der Waals surface area contributed by atoms with E-state index in [1.807, 2.05) is 6.92 Å². The van der Waals surface area contributed by atoms with Crippen molar-refractivity contribution in [2.45, 2.75) is 31.6 Å². The van der Waals surface area contributed by atoms with Gasteiger partial charge in [0.2, 0.25) is 15.9 Å². The molecule has 2 aromatic rings. The van der Waals surface area contributed by atoms with Crippen LogP contribution in [0.2, 0.25) is 5.02 Å². The van der Waals surface area contributed by atoms with Crippen LogP contribution in [0.1, 0.15) is 35.7 Å². The number of benzene rings is 2. The van der Waals surface area contributed by atoms with Crippen LogP contribution in [-0.4, -0.2) is 44.2 Å². The minimum absolute atomic E-state index is 0.160. The Morgan fingerprint density at radius 2 is 1.87 bits per heavy atom. The predicted molar refractivity (Wildman–Crippen MR) is 121 cm³/mol. The second-order valence-corrected chi connectivity index (χ2v) is 10.1. The SMILES string of the molecule is Cc1c(Cl)cccc1NC(=O)CNC(=O)c1ccc(S(=O)(=O)N2CCC[C@H](C)C2)cc1. The Bertz CT molecular complexity index is 1070. The molecule has 1 fully saturated rings. The van der Waals surface area contributed by atoms with Crippen molar-refractivity contribution in [1.29, 1.82) is 0 Å². The summed E-state index contributed by atoms with van der Waals surface area (Å²) in [4.78, 5) is 24.7. The number of rotatable bonds is 6. The van der Waals surface area contributed by atoms with Crippen LogP contribution in [-0.2, 0) is 14.8 Å². The molecule has 1 atom stereocenters. The van der Waals surface area contributed by atoms with E-state index in [1.165, 1.54) is 28.6 Å². The van der Waals surface area contributed by atoms with Gasteiger partial charge < -0.3 is 10.6 Å². The third-order valence-corrected chi connectivity index (χ3v) is 7.61. The van der Waals surface area contributed by atoms with Gasteiger partial charge >= 0.3 is 0 Å². The number of anilines is 1. The van der Waals surface area contributed by atoms with Gasteiger partial charge in [-0.25, -0.2) is 8.42 Å². The largest absolute Gasteiger partial charge is 0.343 e. The molecule has 2 amide bonds. The molecule has 7 nitrogen and oxygen atoms in total. The topological polar surface area (TPSA) is 95.6 Å². The standard InChI is InChI=1S/C22H26ClN3O4S/c1-15-5-4-12-26(14-15)31(29,30)18-10-8-17(9-11-18)22(28)24-13-21(27)25-20-7-3-6-19(23)16(20)2/h3,6-11,15H,4-5,12-14H2,1-2H3,(H,24,28)(H,25,27)/t15-/m0/s1. The first-order chi connectivity index (χ1) is 14.7. The van der Waals surface area contributed by atoms with Crippen LogP contribution in [0.5, 0.6) is 0 Å². The monoisotopic (exact) mass is 463 g/mol. The van der Waals surface area contributed by atoms with Gasteiger partial charge in [-0.05, 0) is 67.6 Å². The number of halogens is 1. The Morgan fingerprint density at radius 3 is 2.55 bits per heavy atom. The van der Waals surface area contributed by atoms with E-state index in [0.29, 0.717) is 29.7 Å². The van der Waals surface area contributed by atoms with Gasteiger partial charge in [0.25, 0.3) is 5.91 Å². The van der Waals surface area contributed by atoms with Crippen LogP contribution in [0.15, 0.2) is 47.4 Å². The van der Waals surface area contributed by atoms with Crippen molar-refractivity contribution in [2.24, 2.45) is 5.92 Å². The Labute approximate surface area is 187 Å². The van der Waals surface area contributed by atoms with Gasteiger partial charge in [-0.1, -0.05) is 24.6 Å². The van der Waals surface area contributed by atoms with E-state index in [-0.39, 0.29) is 17.0 Å². The molecule has 9 heteroatoms. The molecule has 166 valence electrons. The number of nitrogens with one attached hydrogen (secondary N) is 2. The molecule has 0 spiro atoms. The molecule has 2 N–H and O–H groups in total. The highest BCUT2D eigenvalue weighted by Crippen LogP contribution is 2.24. The Balaban J connectivity index is 1.59. The molecule has 0 unspecified atom stereocenters. The van der Waals surface area contributed by atoms with Crippen molar-refractivity contribution in [2.75, 3.05) is 25.0 Å². The summed E-state index contributed by atoms with van der Waals surface area (Å²) in [6, 6.07) is 10.9. The number of hydrogen-bond acceptors (Lipinski definition) is 4. The van der Waals surface area contributed by atoms with Gasteiger partial charge in [0.15, 0.2) is 0 Å². The van der Waals surface area contributed by atoms with Crippen molar-refractivity contribution in [3.63, 3.8) is 0 Å². The van der Waals surface area contributed by atoms with E-state index in [2.05, 4.69) is 10.6 Å². The number of carbonyl (C=O) groups excluding carboxylic acids is 2. The maximum Gasteiger partial charge on any atom is 0.251 e. The molecule has 0 aliphatic carbocycles. The van der Waals surface area contributed by atoms with Gasteiger partial charge in [-0.3, -0.25) is 9.59 Å². The van der Waals surface area contributed by atoms with Gasteiger partial charge in [0, 0.05) is 29.4 Å². The number of piperidine rings is 1. The van der Waals surface area contributed by atoms with Crippen LogP contribution >= 0.6 is 11.6 Å². The quantitative estimate of drug-likeness (QED) is 0.685. The molecular weight excluding hydrogens is 438 g/mol. The van der Waals surface area contributed by atoms with E-state index < -0.39 is 21.8 Å². The van der Waals surface area contributed by atoms with Gasteiger partial charge in [0.1, 0.15) is 0 Å². The summed E-state index contributed by atoms with van der Waals surface area (Å²) in [6.45, 7) is 4.62. The zero-order chi connectivity index (χ0) is 22.6. The lowest BCUT2D eigenvalue weighted by Crippen LogP contribution is -2.39. The molecule has 1 heterocycles. The normalized spacial score (nSPS) is 17.2. The Kier molecular flexibility index (Phi) is 7.35. The van der Waals surface area contributed by atoms with Crippen LogP contribution in [0.4, 0.5) is 5.69 Å². The minimum atomic E-state index is -3.58. The highest BCUT2D eigenvalue weighted by molar-refractivity contribution is 7.89. The minimum Gasteiger partial charge on any atom is -0.343 e. The van der Waals surface area contributed by atoms with Crippen molar-refractivity contribution in [1.82, 2.24) is 9.62 Å². The molecular formula is C22H26ClN3O4S. The number of hydrogen-bond donors (Lipinski definition) is 2. The lowest BCUT2D eigenvalue weighted by molar-refractivity contribution is -0.115. The first kappa shape index (κ1) is 23.2. The average Bonchev–Trinajstić information content (AvgIpc) is 2.75. The second kappa shape index (κ2) is 9.80. The first-order valence-corrected chi connectivity index (χ1v) is 11.9.